The Morgan fingerprint density at radius 1 is 0.250 bits per heavy atom. The van der Waals surface area contributed by atoms with Crippen molar-refractivity contribution < 1.29 is 0 Å². The highest BCUT2D eigenvalue weighted by Gasteiger charge is 2.18. The second-order valence-electron chi connectivity index (χ2n) is 10.5. The number of hydrogen-bond donors (Lipinski definition) is 0. The van der Waals surface area contributed by atoms with E-state index in [0.29, 0.717) is 0 Å². The summed E-state index contributed by atoms with van der Waals surface area (Å²) in [4.78, 5) is 0. The average molecular weight is 507 g/mol. The molecular weight excluding hydrogens is 480 g/mol. The summed E-state index contributed by atoms with van der Waals surface area (Å²) in [5.74, 6) is 0. The third-order valence-corrected chi connectivity index (χ3v) is 8.23. The van der Waals surface area contributed by atoms with Crippen LogP contribution in [0.1, 0.15) is 0 Å². The van der Waals surface area contributed by atoms with E-state index in [0.717, 1.165) is 0 Å². The lowest BCUT2D eigenvalue weighted by Crippen LogP contribution is -1.92. The molecule has 0 heteroatoms. The Bertz CT molecular complexity index is 2120. The molecule has 186 valence electrons. The van der Waals surface area contributed by atoms with Gasteiger partial charge in [-0.05, 0) is 89.0 Å². The van der Waals surface area contributed by atoms with Crippen molar-refractivity contribution in [2.75, 3.05) is 0 Å². The lowest BCUT2D eigenvalue weighted by Gasteiger charge is -2.20. The first-order valence-corrected chi connectivity index (χ1v) is 13.9. The van der Waals surface area contributed by atoms with Crippen molar-refractivity contribution in [1.29, 1.82) is 0 Å². The van der Waals surface area contributed by atoms with Gasteiger partial charge in [0.2, 0.25) is 0 Å². The van der Waals surface area contributed by atoms with Crippen molar-refractivity contribution in [3.8, 4) is 44.5 Å². The maximum Gasteiger partial charge on any atom is -0.00141 e. The van der Waals surface area contributed by atoms with Gasteiger partial charge >= 0.3 is 0 Å². The average Bonchev–Trinajstić information content (AvgIpc) is 3.04. The quantitative estimate of drug-likeness (QED) is 0.208. The SMILES string of the molecule is c1ccc(-c2cccc(-c3cc(-c4ccccc4)c4ccc5ccc(-c6ccccc6)c6ccc3c4c56)c2)cc1. The van der Waals surface area contributed by atoms with E-state index in [-0.39, 0.29) is 0 Å². The maximum atomic E-state index is 2.40. The van der Waals surface area contributed by atoms with Crippen molar-refractivity contribution in [1.82, 2.24) is 0 Å². The molecule has 0 aromatic heterocycles. The monoisotopic (exact) mass is 506 g/mol. The third-order valence-electron chi connectivity index (χ3n) is 8.23. The van der Waals surface area contributed by atoms with Gasteiger partial charge in [0.25, 0.3) is 0 Å². The smallest absolute Gasteiger partial charge is 0.00141 e. The number of rotatable bonds is 4. The van der Waals surface area contributed by atoms with Gasteiger partial charge in [0.15, 0.2) is 0 Å². The van der Waals surface area contributed by atoms with Crippen LogP contribution in [0.25, 0.3) is 76.8 Å². The summed E-state index contributed by atoms with van der Waals surface area (Å²) in [5, 5.41) is 7.86. The summed E-state index contributed by atoms with van der Waals surface area (Å²) < 4.78 is 0. The van der Waals surface area contributed by atoms with Gasteiger partial charge in [-0.25, -0.2) is 0 Å². The molecule has 0 N–H and O–H groups in total. The molecule has 0 amide bonds. The normalized spacial score (nSPS) is 11.5. The van der Waals surface area contributed by atoms with Gasteiger partial charge in [-0.1, -0.05) is 146 Å². The Labute approximate surface area is 234 Å². The summed E-state index contributed by atoms with van der Waals surface area (Å²) in [7, 11) is 0. The van der Waals surface area contributed by atoms with Crippen molar-refractivity contribution in [2.24, 2.45) is 0 Å². The van der Waals surface area contributed by atoms with Gasteiger partial charge in [-0.2, -0.15) is 0 Å². The summed E-state index contributed by atoms with van der Waals surface area (Å²) in [6.45, 7) is 0. The zero-order chi connectivity index (χ0) is 26.5. The van der Waals surface area contributed by atoms with Crippen LogP contribution in [-0.4, -0.2) is 0 Å². The molecule has 0 unspecified atom stereocenters. The molecular formula is C40H26. The van der Waals surface area contributed by atoms with Crippen LogP contribution in [0.5, 0.6) is 0 Å². The van der Waals surface area contributed by atoms with E-state index < -0.39 is 0 Å². The highest BCUT2D eigenvalue weighted by Crippen LogP contribution is 2.46. The van der Waals surface area contributed by atoms with E-state index in [9.17, 15) is 0 Å². The van der Waals surface area contributed by atoms with Crippen LogP contribution in [0.2, 0.25) is 0 Å². The van der Waals surface area contributed by atoms with Crippen LogP contribution in [0.3, 0.4) is 0 Å². The maximum absolute atomic E-state index is 2.40. The van der Waals surface area contributed by atoms with E-state index in [1.165, 1.54) is 76.8 Å². The third kappa shape index (κ3) is 3.61. The largest absolute Gasteiger partial charge is 0.0622 e. The molecule has 0 bridgehead atoms. The zero-order valence-corrected chi connectivity index (χ0v) is 22.0. The van der Waals surface area contributed by atoms with Crippen LogP contribution in [0.15, 0.2) is 158 Å². The molecule has 0 nitrogen and oxygen atoms in total. The summed E-state index contributed by atoms with van der Waals surface area (Å²) in [6.07, 6.45) is 0. The standard InChI is InChI=1S/C40H26/c1-4-11-27(12-5-1)31-17-10-18-32(25-31)38-26-37(29-15-8-3-9-16-29)35-22-20-30-19-21-33(28-13-6-2-7-14-28)34-23-24-36(38)40(35)39(30)34/h1-26H. The Morgan fingerprint density at radius 2 is 0.725 bits per heavy atom. The molecule has 0 aliphatic rings. The molecule has 8 aromatic rings. The van der Waals surface area contributed by atoms with Crippen molar-refractivity contribution in [3.63, 3.8) is 0 Å². The van der Waals surface area contributed by atoms with Crippen LogP contribution >= 0.6 is 0 Å². The Hall–Kier alpha value is -5.20. The van der Waals surface area contributed by atoms with E-state index >= 15 is 0 Å². The molecule has 0 heterocycles. The van der Waals surface area contributed by atoms with Crippen LogP contribution < -0.4 is 0 Å². The minimum atomic E-state index is 1.23. The van der Waals surface area contributed by atoms with E-state index in [2.05, 4.69) is 158 Å². The zero-order valence-electron chi connectivity index (χ0n) is 22.0. The summed E-state index contributed by atoms with van der Waals surface area (Å²) in [5.41, 5.74) is 10.0. The molecule has 40 heavy (non-hydrogen) atoms. The second-order valence-corrected chi connectivity index (χ2v) is 10.5. The van der Waals surface area contributed by atoms with Crippen molar-refractivity contribution in [3.05, 3.63) is 158 Å². The van der Waals surface area contributed by atoms with Gasteiger partial charge in [-0.15, -0.1) is 0 Å². The number of benzene rings is 8. The fraction of sp³-hybridized carbons (Fsp3) is 0. The molecule has 0 aliphatic heterocycles. The topological polar surface area (TPSA) is 0 Å². The van der Waals surface area contributed by atoms with E-state index in [1.54, 1.807) is 0 Å². The van der Waals surface area contributed by atoms with Crippen LogP contribution in [0, 0.1) is 0 Å². The lowest BCUT2D eigenvalue weighted by atomic mass is 9.84. The highest BCUT2D eigenvalue weighted by molar-refractivity contribution is 6.30. The first-order chi connectivity index (χ1) is 19.8. The molecule has 0 fully saturated rings. The summed E-state index contributed by atoms with van der Waals surface area (Å²) in [6, 6.07) is 57.5. The second kappa shape index (κ2) is 9.22. The van der Waals surface area contributed by atoms with Crippen molar-refractivity contribution >= 4 is 32.3 Å². The predicted octanol–water partition coefficient (Wildman–Crippen LogP) is 11.3. The van der Waals surface area contributed by atoms with Gasteiger partial charge in [0, 0.05) is 0 Å². The Kier molecular flexibility index (Phi) is 5.24. The predicted molar refractivity (Wildman–Crippen MR) is 172 cm³/mol. The fourth-order valence-electron chi connectivity index (χ4n) is 6.36. The molecule has 8 rings (SSSR count). The molecule has 0 atom stereocenters. The first-order valence-electron chi connectivity index (χ1n) is 13.9. The minimum absolute atomic E-state index is 1.23. The molecule has 0 aliphatic carbocycles. The minimum Gasteiger partial charge on any atom is -0.0622 e. The van der Waals surface area contributed by atoms with Gasteiger partial charge in [0.1, 0.15) is 0 Å². The van der Waals surface area contributed by atoms with Gasteiger partial charge < -0.3 is 0 Å². The summed E-state index contributed by atoms with van der Waals surface area (Å²) >= 11 is 0. The molecule has 0 saturated heterocycles. The van der Waals surface area contributed by atoms with Crippen LogP contribution in [0.4, 0.5) is 0 Å². The first kappa shape index (κ1) is 22.8. The highest BCUT2D eigenvalue weighted by atomic mass is 14.2. The number of hydrogen-bond acceptors (Lipinski definition) is 0. The Balaban J connectivity index is 1.49. The fourth-order valence-corrected chi connectivity index (χ4v) is 6.36. The molecule has 0 spiro atoms. The van der Waals surface area contributed by atoms with Crippen LogP contribution in [-0.2, 0) is 0 Å². The molecule has 0 saturated carbocycles. The lowest BCUT2D eigenvalue weighted by molar-refractivity contribution is 1.60. The van der Waals surface area contributed by atoms with Crippen molar-refractivity contribution in [2.45, 2.75) is 0 Å². The van der Waals surface area contributed by atoms with Gasteiger partial charge in [-0.3, -0.25) is 0 Å². The van der Waals surface area contributed by atoms with E-state index in [1.807, 2.05) is 0 Å². The molecule has 0 radical (unpaired) electrons. The molecule has 8 aromatic carbocycles. The Morgan fingerprint density at radius 3 is 1.40 bits per heavy atom. The van der Waals surface area contributed by atoms with E-state index in [4.69, 9.17) is 0 Å². The van der Waals surface area contributed by atoms with Gasteiger partial charge in [0.05, 0.1) is 0 Å².